The lowest BCUT2D eigenvalue weighted by Crippen LogP contribution is -2.45. The fourth-order valence-electron chi connectivity index (χ4n) is 1.45. The average molecular weight is 240 g/mol. The van der Waals surface area contributed by atoms with Crippen molar-refractivity contribution in [3.05, 3.63) is 11.8 Å². The number of carbonyl (C=O) groups is 1. The van der Waals surface area contributed by atoms with E-state index in [1.165, 1.54) is 4.90 Å². The van der Waals surface area contributed by atoms with E-state index in [4.69, 9.17) is 4.52 Å². The van der Waals surface area contributed by atoms with Crippen LogP contribution in [0.1, 0.15) is 47.3 Å². The molecule has 0 aliphatic carbocycles. The highest BCUT2D eigenvalue weighted by atomic mass is 16.5. The zero-order valence-electron chi connectivity index (χ0n) is 11.2. The molecule has 0 aromatic carbocycles. The molecule has 0 spiro atoms. The maximum Gasteiger partial charge on any atom is 0.413 e. The van der Waals surface area contributed by atoms with Gasteiger partial charge >= 0.3 is 6.09 Å². The summed E-state index contributed by atoms with van der Waals surface area (Å²) in [6, 6.07) is 1.68. The Balaban J connectivity index is 3.14. The third-order valence-corrected chi connectivity index (χ3v) is 2.33. The Morgan fingerprint density at radius 2 is 1.82 bits per heavy atom. The number of rotatable bonds is 1. The Hall–Kier alpha value is -1.52. The summed E-state index contributed by atoms with van der Waals surface area (Å²) in [7, 11) is 0. The third-order valence-electron chi connectivity index (χ3n) is 2.33. The molecule has 0 aliphatic heterocycles. The summed E-state index contributed by atoms with van der Waals surface area (Å²) >= 11 is 0. The van der Waals surface area contributed by atoms with Gasteiger partial charge in [0.15, 0.2) is 5.82 Å². The molecule has 1 aromatic heterocycles. The van der Waals surface area contributed by atoms with Crippen LogP contribution in [0.3, 0.4) is 0 Å². The van der Waals surface area contributed by atoms with E-state index in [-0.39, 0.29) is 5.41 Å². The fraction of sp³-hybridized carbons (Fsp3) is 0.667. The molecule has 0 fully saturated rings. The first kappa shape index (κ1) is 13.5. The van der Waals surface area contributed by atoms with Crippen molar-refractivity contribution in [2.45, 2.75) is 52.5 Å². The van der Waals surface area contributed by atoms with Gasteiger partial charge in [0, 0.05) is 17.0 Å². The van der Waals surface area contributed by atoms with Crippen molar-refractivity contribution in [3.63, 3.8) is 0 Å². The van der Waals surface area contributed by atoms with Crippen molar-refractivity contribution < 1.29 is 14.4 Å². The summed E-state index contributed by atoms with van der Waals surface area (Å²) in [4.78, 5) is 12.4. The van der Waals surface area contributed by atoms with E-state index in [9.17, 15) is 9.90 Å². The maximum absolute atomic E-state index is 11.2. The molecule has 1 N–H and O–H groups in total. The third kappa shape index (κ3) is 2.99. The maximum atomic E-state index is 11.2. The molecular formula is C12H20N2O3. The minimum absolute atomic E-state index is 0.187. The molecule has 1 rings (SSSR count). The molecule has 5 heteroatoms. The number of carboxylic acid groups (broad SMARTS) is 1. The normalized spacial score (nSPS) is 12.6. The molecule has 5 nitrogen and oxygen atoms in total. The van der Waals surface area contributed by atoms with Crippen LogP contribution in [0.15, 0.2) is 10.6 Å². The molecule has 0 radical (unpaired) electrons. The van der Waals surface area contributed by atoms with Crippen LogP contribution < -0.4 is 4.90 Å². The lowest BCUT2D eigenvalue weighted by molar-refractivity contribution is 0.195. The summed E-state index contributed by atoms with van der Waals surface area (Å²) in [5.41, 5.74) is -0.745. The van der Waals surface area contributed by atoms with E-state index in [0.717, 1.165) is 0 Å². The van der Waals surface area contributed by atoms with Crippen LogP contribution in [-0.2, 0) is 5.41 Å². The van der Waals surface area contributed by atoms with Crippen LogP contribution in [0, 0.1) is 0 Å². The SMILES string of the molecule is CC(C)(C)c1cc(N(C(=O)O)C(C)(C)C)no1. The molecule has 96 valence electrons. The number of hydrogen-bond donors (Lipinski definition) is 1. The van der Waals surface area contributed by atoms with Crippen LogP contribution in [0.5, 0.6) is 0 Å². The quantitative estimate of drug-likeness (QED) is 0.818. The molecule has 1 amide bonds. The van der Waals surface area contributed by atoms with Gasteiger partial charge in [-0.15, -0.1) is 0 Å². The van der Waals surface area contributed by atoms with Gasteiger partial charge in [0.05, 0.1) is 0 Å². The minimum Gasteiger partial charge on any atom is -0.465 e. The van der Waals surface area contributed by atoms with Gasteiger partial charge in [0.1, 0.15) is 5.76 Å². The number of amides is 1. The molecule has 0 bridgehead atoms. The van der Waals surface area contributed by atoms with Gasteiger partial charge in [0.25, 0.3) is 0 Å². The van der Waals surface area contributed by atoms with Gasteiger partial charge in [-0.2, -0.15) is 0 Å². The Labute approximate surface area is 101 Å². The zero-order chi connectivity index (χ0) is 13.4. The van der Waals surface area contributed by atoms with E-state index in [1.54, 1.807) is 6.07 Å². The van der Waals surface area contributed by atoms with E-state index in [2.05, 4.69) is 5.16 Å². The van der Waals surface area contributed by atoms with Crippen molar-refractivity contribution in [3.8, 4) is 0 Å². The van der Waals surface area contributed by atoms with E-state index in [0.29, 0.717) is 11.6 Å². The second kappa shape index (κ2) is 4.05. The molecule has 1 heterocycles. The molecule has 1 aromatic rings. The second-order valence-electron chi connectivity index (χ2n) is 6.09. The van der Waals surface area contributed by atoms with Crippen LogP contribution in [0.25, 0.3) is 0 Å². The first-order valence-corrected chi connectivity index (χ1v) is 5.54. The van der Waals surface area contributed by atoms with Crippen LogP contribution in [0.2, 0.25) is 0 Å². The summed E-state index contributed by atoms with van der Waals surface area (Å²) in [5.74, 6) is 0.998. The average Bonchev–Trinajstić information content (AvgIpc) is 2.47. The fourth-order valence-corrected chi connectivity index (χ4v) is 1.45. The second-order valence-corrected chi connectivity index (χ2v) is 6.09. The summed E-state index contributed by atoms with van der Waals surface area (Å²) in [5, 5.41) is 13.1. The lowest BCUT2D eigenvalue weighted by atomic mass is 9.93. The highest BCUT2D eigenvalue weighted by Gasteiger charge is 2.32. The van der Waals surface area contributed by atoms with Crippen LogP contribution in [0.4, 0.5) is 10.6 Å². The van der Waals surface area contributed by atoms with Crippen LogP contribution in [-0.4, -0.2) is 21.9 Å². The van der Waals surface area contributed by atoms with Gasteiger partial charge in [-0.25, -0.2) is 4.79 Å². The first-order valence-electron chi connectivity index (χ1n) is 5.54. The summed E-state index contributed by atoms with van der Waals surface area (Å²) in [6.45, 7) is 11.4. The van der Waals surface area contributed by atoms with Crippen molar-refractivity contribution >= 4 is 11.9 Å². The Bertz CT molecular complexity index is 410. The molecule has 0 unspecified atom stereocenters. The Kier molecular flexibility index (Phi) is 3.23. The standard InChI is InChI=1S/C12H20N2O3/c1-11(2,3)8-7-9(13-17-8)14(10(15)16)12(4,5)6/h7H,1-6H3,(H,15,16). The van der Waals surface area contributed by atoms with Gasteiger partial charge in [0.2, 0.25) is 0 Å². The van der Waals surface area contributed by atoms with E-state index < -0.39 is 11.6 Å². The monoisotopic (exact) mass is 240 g/mol. The minimum atomic E-state index is -1.04. The van der Waals surface area contributed by atoms with E-state index >= 15 is 0 Å². The van der Waals surface area contributed by atoms with Crippen LogP contribution >= 0.6 is 0 Å². The highest BCUT2D eigenvalue weighted by Crippen LogP contribution is 2.29. The Morgan fingerprint density at radius 3 is 2.12 bits per heavy atom. The first-order chi connectivity index (χ1) is 7.53. The topological polar surface area (TPSA) is 66.6 Å². The highest BCUT2D eigenvalue weighted by molar-refractivity contribution is 5.86. The molecule has 0 saturated heterocycles. The Morgan fingerprint density at radius 1 is 1.29 bits per heavy atom. The molecule has 0 atom stereocenters. The largest absolute Gasteiger partial charge is 0.465 e. The van der Waals surface area contributed by atoms with Crippen molar-refractivity contribution in [1.29, 1.82) is 0 Å². The lowest BCUT2D eigenvalue weighted by Gasteiger charge is -2.30. The molecule has 0 saturated carbocycles. The van der Waals surface area contributed by atoms with Gasteiger partial charge in [-0.3, -0.25) is 4.90 Å². The van der Waals surface area contributed by atoms with E-state index in [1.807, 2.05) is 41.5 Å². The van der Waals surface area contributed by atoms with Gasteiger partial charge < -0.3 is 9.63 Å². The van der Waals surface area contributed by atoms with Gasteiger partial charge in [-0.1, -0.05) is 25.9 Å². The van der Waals surface area contributed by atoms with Crippen molar-refractivity contribution in [2.75, 3.05) is 4.90 Å². The van der Waals surface area contributed by atoms with Gasteiger partial charge in [-0.05, 0) is 20.8 Å². The number of aromatic nitrogens is 1. The zero-order valence-corrected chi connectivity index (χ0v) is 11.2. The number of anilines is 1. The van der Waals surface area contributed by atoms with Crippen molar-refractivity contribution in [2.24, 2.45) is 0 Å². The number of hydrogen-bond acceptors (Lipinski definition) is 3. The molecule has 0 aliphatic rings. The number of nitrogens with zero attached hydrogens (tertiary/aromatic N) is 2. The molecular weight excluding hydrogens is 220 g/mol. The predicted molar refractivity (Wildman–Crippen MR) is 65.5 cm³/mol. The predicted octanol–water partition coefficient (Wildman–Crippen LogP) is 3.26. The summed E-state index contributed by atoms with van der Waals surface area (Å²) < 4.78 is 5.20. The smallest absolute Gasteiger partial charge is 0.413 e. The molecule has 17 heavy (non-hydrogen) atoms. The summed E-state index contributed by atoms with van der Waals surface area (Å²) in [6.07, 6.45) is -1.04. The van der Waals surface area contributed by atoms with Crippen molar-refractivity contribution in [1.82, 2.24) is 5.16 Å².